The minimum Gasteiger partial charge on any atom is -0.465 e. The summed E-state index contributed by atoms with van der Waals surface area (Å²) >= 11 is 1.36. The summed E-state index contributed by atoms with van der Waals surface area (Å²) in [5.74, 6) is 0.0335. The molecule has 1 aromatic heterocycles. The van der Waals surface area contributed by atoms with E-state index in [0.29, 0.717) is 17.5 Å². The molecule has 1 unspecified atom stereocenters. The molecule has 94 valence electrons. The van der Waals surface area contributed by atoms with Gasteiger partial charge in [-0.3, -0.25) is 4.79 Å². The van der Waals surface area contributed by atoms with Crippen molar-refractivity contribution in [2.24, 2.45) is 5.73 Å². The van der Waals surface area contributed by atoms with E-state index in [1.807, 2.05) is 19.9 Å². The second-order valence-corrected chi connectivity index (χ2v) is 4.59. The number of nitrogens with zero attached hydrogens (tertiary/aromatic N) is 2. The molecule has 2 N–H and O–H groups in total. The zero-order valence-corrected chi connectivity index (χ0v) is 11.1. The Morgan fingerprint density at radius 2 is 2.06 bits per heavy atom. The van der Waals surface area contributed by atoms with E-state index in [0.717, 1.165) is 11.4 Å². The van der Waals surface area contributed by atoms with Gasteiger partial charge in [0.15, 0.2) is 5.16 Å². The van der Waals surface area contributed by atoms with Gasteiger partial charge in [-0.25, -0.2) is 9.97 Å². The van der Waals surface area contributed by atoms with Crippen LogP contribution in [0, 0.1) is 13.8 Å². The van der Waals surface area contributed by atoms with Crippen LogP contribution in [0.3, 0.4) is 0 Å². The molecule has 0 radical (unpaired) electrons. The third kappa shape index (κ3) is 4.70. The van der Waals surface area contributed by atoms with Gasteiger partial charge in [-0.05, 0) is 26.8 Å². The van der Waals surface area contributed by atoms with Crippen molar-refractivity contribution in [1.29, 1.82) is 0 Å². The molecule has 5 nitrogen and oxygen atoms in total. The van der Waals surface area contributed by atoms with Crippen molar-refractivity contribution in [3.05, 3.63) is 17.5 Å². The number of hydrogen-bond acceptors (Lipinski definition) is 6. The minimum atomic E-state index is -0.635. The highest BCUT2D eigenvalue weighted by Gasteiger charge is 2.15. The van der Waals surface area contributed by atoms with Gasteiger partial charge in [0.05, 0.1) is 6.61 Å². The molecule has 0 fully saturated rings. The molecule has 0 aliphatic heterocycles. The molecule has 6 heteroatoms. The topological polar surface area (TPSA) is 78.1 Å². The third-order valence-corrected chi connectivity index (χ3v) is 2.91. The molecule has 0 aromatic carbocycles. The molecule has 1 rings (SSSR count). The Labute approximate surface area is 105 Å². The van der Waals surface area contributed by atoms with E-state index >= 15 is 0 Å². The second-order valence-electron chi connectivity index (χ2n) is 3.60. The zero-order valence-electron chi connectivity index (χ0n) is 10.3. The molecule has 1 atom stereocenters. The van der Waals surface area contributed by atoms with Gasteiger partial charge >= 0.3 is 5.97 Å². The van der Waals surface area contributed by atoms with E-state index in [1.165, 1.54) is 11.8 Å². The van der Waals surface area contributed by atoms with Gasteiger partial charge in [0.1, 0.15) is 6.04 Å². The van der Waals surface area contributed by atoms with Crippen LogP contribution >= 0.6 is 11.8 Å². The largest absolute Gasteiger partial charge is 0.465 e. The van der Waals surface area contributed by atoms with Crippen molar-refractivity contribution in [3.8, 4) is 0 Å². The SMILES string of the molecule is CCOC(=O)C(N)CSc1nc(C)cc(C)n1. The number of esters is 1. The number of aromatic nitrogens is 2. The average molecular weight is 255 g/mol. The number of rotatable bonds is 5. The summed E-state index contributed by atoms with van der Waals surface area (Å²) in [6, 6.07) is 1.26. The molecule has 0 saturated carbocycles. The van der Waals surface area contributed by atoms with E-state index in [9.17, 15) is 4.79 Å². The Bertz CT molecular complexity index is 378. The Morgan fingerprint density at radius 1 is 1.47 bits per heavy atom. The number of carbonyl (C=O) groups excluding carboxylic acids is 1. The molecule has 1 heterocycles. The van der Waals surface area contributed by atoms with Gasteiger partial charge in [0.25, 0.3) is 0 Å². The predicted molar refractivity (Wildman–Crippen MR) is 66.8 cm³/mol. The molecular weight excluding hydrogens is 238 g/mol. The van der Waals surface area contributed by atoms with E-state index in [2.05, 4.69) is 9.97 Å². The Balaban J connectivity index is 2.52. The summed E-state index contributed by atoms with van der Waals surface area (Å²) in [6.45, 7) is 5.91. The maximum absolute atomic E-state index is 11.3. The molecule has 0 aliphatic carbocycles. The standard InChI is InChI=1S/C11H17N3O2S/c1-4-16-10(15)9(12)6-17-11-13-7(2)5-8(3)14-11/h5,9H,4,6,12H2,1-3H3. The Hall–Kier alpha value is -1.14. The minimum absolute atomic E-state index is 0.344. The third-order valence-electron chi connectivity index (χ3n) is 1.94. The van der Waals surface area contributed by atoms with Crippen molar-refractivity contribution in [2.45, 2.75) is 32.0 Å². The predicted octanol–water partition coefficient (Wildman–Crippen LogP) is 1.08. The first-order valence-corrected chi connectivity index (χ1v) is 6.38. The van der Waals surface area contributed by atoms with E-state index < -0.39 is 6.04 Å². The summed E-state index contributed by atoms with van der Waals surface area (Å²) in [5.41, 5.74) is 7.49. The molecule has 1 aromatic rings. The van der Waals surface area contributed by atoms with Crippen LogP contribution in [0.1, 0.15) is 18.3 Å². The highest BCUT2D eigenvalue weighted by molar-refractivity contribution is 7.99. The van der Waals surface area contributed by atoms with Gasteiger partial charge in [0, 0.05) is 17.1 Å². The second kappa shape index (κ2) is 6.56. The normalized spacial score (nSPS) is 12.2. The molecule has 0 bridgehead atoms. The summed E-state index contributed by atoms with van der Waals surface area (Å²) in [4.78, 5) is 19.8. The highest BCUT2D eigenvalue weighted by Crippen LogP contribution is 2.14. The highest BCUT2D eigenvalue weighted by atomic mass is 32.2. The summed E-state index contributed by atoms with van der Waals surface area (Å²) in [5, 5.41) is 0.641. The Kier molecular flexibility index (Phi) is 5.37. The number of thioether (sulfide) groups is 1. The van der Waals surface area contributed by atoms with Crippen LogP contribution in [-0.4, -0.2) is 34.3 Å². The first kappa shape index (κ1) is 13.9. The molecular formula is C11H17N3O2S. The molecule has 0 amide bonds. The van der Waals surface area contributed by atoms with E-state index in [1.54, 1.807) is 6.92 Å². The quantitative estimate of drug-likeness (QED) is 0.482. The van der Waals surface area contributed by atoms with Crippen LogP contribution in [-0.2, 0) is 9.53 Å². The fourth-order valence-corrected chi connectivity index (χ4v) is 2.12. The molecule has 0 saturated heterocycles. The average Bonchev–Trinajstić information content (AvgIpc) is 2.25. The van der Waals surface area contributed by atoms with Crippen molar-refractivity contribution >= 4 is 17.7 Å². The monoisotopic (exact) mass is 255 g/mol. The lowest BCUT2D eigenvalue weighted by molar-refractivity contribution is -0.144. The van der Waals surface area contributed by atoms with Gasteiger partial charge in [0.2, 0.25) is 0 Å². The van der Waals surface area contributed by atoms with Crippen molar-refractivity contribution < 1.29 is 9.53 Å². The van der Waals surface area contributed by atoms with Crippen LogP contribution in [0.2, 0.25) is 0 Å². The fraction of sp³-hybridized carbons (Fsp3) is 0.545. The van der Waals surface area contributed by atoms with Gasteiger partial charge in [-0.2, -0.15) is 0 Å². The number of ether oxygens (including phenoxy) is 1. The summed E-state index contributed by atoms with van der Waals surface area (Å²) in [6.07, 6.45) is 0. The zero-order chi connectivity index (χ0) is 12.8. The number of nitrogens with two attached hydrogens (primary N) is 1. The lowest BCUT2D eigenvalue weighted by Crippen LogP contribution is -2.34. The molecule has 0 spiro atoms. The summed E-state index contributed by atoms with van der Waals surface area (Å²) < 4.78 is 4.82. The van der Waals surface area contributed by atoms with E-state index in [4.69, 9.17) is 10.5 Å². The maximum Gasteiger partial charge on any atom is 0.323 e. The lowest BCUT2D eigenvalue weighted by Gasteiger charge is -2.09. The molecule has 0 aliphatic rings. The van der Waals surface area contributed by atoms with Crippen LogP contribution in [0.15, 0.2) is 11.2 Å². The van der Waals surface area contributed by atoms with Gasteiger partial charge < -0.3 is 10.5 Å². The van der Waals surface area contributed by atoms with Crippen molar-refractivity contribution in [3.63, 3.8) is 0 Å². The number of aryl methyl sites for hydroxylation is 2. The summed E-state index contributed by atoms with van der Waals surface area (Å²) in [7, 11) is 0. The van der Waals surface area contributed by atoms with Gasteiger partial charge in [-0.1, -0.05) is 11.8 Å². The Morgan fingerprint density at radius 3 is 2.59 bits per heavy atom. The first-order valence-electron chi connectivity index (χ1n) is 5.40. The number of carbonyl (C=O) groups is 1. The fourth-order valence-electron chi connectivity index (χ4n) is 1.24. The van der Waals surface area contributed by atoms with Crippen molar-refractivity contribution in [1.82, 2.24) is 9.97 Å². The van der Waals surface area contributed by atoms with Gasteiger partial charge in [-0.15, -0.1) is 0 Å². The van der Waals surface area contributed by atoms with Crippen LogP contribution in [0.4, 0.5) is 0 Å². The van der Waals surface area contributed by atoms with Crippen LogP contribution in [0.5, 0.6) is 0 Å². The van der Waals surface area contributed by atoms with E-state index in [-0.39, 0.29) is 5.97 Å². The van der Waals surface area contributed by atoms with Crippen LogP contribution in [0.25, 0.3) is 0 Å². The number of hydrogen-bond donors (Lipinski definition) is 1. The van der Waals surface area contributed by atoms with Crippen LogP contribution < -0.4 is 5.73 Å². The lowest BCUT2D eigenvalue weighted by atomic mass is 10.4. The smallest absolute Gasteiger partial charge is 0.323 e. The molecule has 17 heavy (non-hydrogen) atoms. The maximum atomic E-state index is 11.3. The van der Waals surface area contributed by atoms with Crippen molar-refractivity contribution in [2.75, 3.05) is 12.4 Å². The first-order chi connectivity index (χ1) is 8.02.